The second-order valence-electron chi connectivity index (χ2n) is 6.85. The smallest absolute Gasteiger partial charge is 0.259 e. The fraction of sp³-hybridized carbons (Fsp3) is 0.200. The van der Waals surface area contributed by atoms with Gasteiger partial charge in [-0.05, 0) is 48.9 Å². The first-order chi connectivity index (χ1) is 16.0. The minimum Gasteiger partial charge on any atom is -0.293 e. The lowest BCUT2D eigenvalue weighted by atomic mass is 10.1. The zero-order chi connectivity index (χ0) is 24.0. The summed E-state index contributed by atoms with van der Waals surface area (Å²) in [5, 5.41) is 13.3. The fourth-order valence-corrected chi connectivity index (χ4v) is 3.86. The number of hydrogen-bond donors (Lipinski definition) is 0. The topological polar surface area (TPSA) is 91.4 Å². The highest BCUT2D eigenvalue weighted by molar-refractivity contribution is 7.84. The maximum atomic E-state index is 13.2. The molecule has 0 aliphatic carbocycles. The Hall–Kier alpha value is -3.83. The molecule has 0 spiro atoms. The summed E-state index contributed by atoms with van der Waals surface area (Å²) in [4.78, 5) is 19.8. The minimum absolute atomic E-state index is 0.189. The van der Waals surface area contributed by atoms with Gasteiger partial charge in [0, 0.05) is 52.0 Å². The predicted octanol–water partition coefficient (Wildman–Crippen LogP) is 4.70. The molecule has 7 nitrogen and oxygen atoms in total. The van der Waals surface area contributed by atoms with Gasteiger partial charge in [-0.1, -0.05) is 26.0 Å². The first kappa shape index (κ1) is 23.8. The molecule has 1 unspecified atom stereocenters. The van der Waals surface area contributed by atoms with Crippen LogP contribution in [0.3, 0.4) is 0 Å². The Balaban J connectivity index is 0.00000149. The SMILES string of the molecule is CC.CCN(C(=O)c1ccn2ncc(-c3ccc(S(C)=O)cc3)c2c1)c1ccc(C#N)cn1. The molecule has 0 aliphatic rings. The Morgan fingerprint density at radius 2 is 1.85 bits per heavy atom. The van der Waals surface area contributed by atoms with Crippen LogP contribution >= 0.6 is 0 Å². The van der Waals surface area contributed by atoms with Crippen LogP contribution in [0.4, 0.5) is 5.82 Å². The summed E-state index contributed by atoms with van der Waals surface area (Å²) in [6.07, 6.45) is 6.60. The van der Waals surface area contributed by atoms with Crippen molar-refractivity contribution in [3.05, 3.63) is 78.2 Å². The van der Waals surface area contributed by atoms with Crippen molar-refractivity contribution in [2.45, 2.75) is 25.7 Å². The minimum atomic E-state index is -1.04. The molecule has 0 fully saturated rings. The van der Waals surface area contributed by atoms with Crippen LogP contribution in [0.15, 0.2) is 72.0 Å². The standard InChI is InChI=1S/C23H19N5O2S.C2H6/c1-3-27(22-9-4-16(13-24)14-25-22)23(29)18-10-11-28-21(12-18)20(15-26-28)17-5-7-19(8-6-17)31(2)30;1-2/h4-12,14-15H,3H2,1-2H3;1-2H3. The van der Waals surface area contributed by atoms with E-state index in [-0.39, 0.29) is 5.91 Å². The summed E-state index contributed by atoms with van der Waals surface area (Å²) in [5.41, 5.74) is 3.54. The summed E-state index contributed by atoms with van der Waals surface area (Å²) < 4.78 is 13.4. The van der Waals surface area contributed by atoms with E-state index in [1.807, 2.05) is 57.2 Å². The molecule has 0 saturated carbocycles. The number of nitriles is 1. The molecule has 1 amide bonds. The van der Waals surface area contributed by atoms with E-state index < -0.39 is 10.8 Å². The van der Waals surface area contributed by atoms with Gasteiger partial charge in [0.05, 0.1) is 17.3 Å². The average Bonchev–Trinajstić information content (AvgIpc) is 3.29. The molecule has 33 heavy (non-hydrogen) atoms. The van der Waals surface area contributed by atoms with Gasteiger partial charge in [0.15, 0.2) is 0 Å². The molecule has 168 valence electrons. The second kappa shape index (κ2) is 10.7. The lowest BCUT2D eigenvalue weighted by molar-refractivity contribution is 0.0987. The van der Waals surface area contributed by atoms with Crippen LogP contribution in [0.25, 0.3) is 16.6 Å². The molecule has 3 heterocycles. The fourth-order valence-electron chi connectivity index (χ4n) is 3.34. The number of fused-ring (bicyclic) bond motifs is 1. The van der Waals surface area contributed by atoms with Gasteiger partial charge in [0.1, 0.15) is 11.9 Å². The van der Waals surface area contributed by atoms with Crippen molar-refractivity contribution in [1.82, 2.24) is 14.6 Å². The van der Waals surface area contributed by atoms with Gasteiger partial charge in [-0.3, -0.25) is 13.9 Å². The molecule has 0 N–H and O–H groups in total. The van der Waals surface area contributed by atoms with Crippen LogP contribution in [-0.4, -0.2) is 37.5 Å². The quantitative estimate of drug-likeness (QED) is 0.431. The molecule has 0 bridgehead atoms. The predicted molar refractivity (Wildman–Crippen MR) is 131 cm³/mol. The third kappa shape index (κ3) is 4.99. The average molecular weight is 460 g/mol. The van der Waals surface area contributed by atoms with Crippen molar-refractivity contribution in [1.29, 1.82) is 5.26 Å². The van der Waals surface area contributed by atoms with Crippen LogP contribution in [0.1, 0.15) is 36.7 Å². The lowest BCUT2D eigenvalue weighted by Gasteiger charge is -2.20. The molecular weight excluding hydrogens is 434 g/mol. The summed E-state index contributed by atoms with van der Waals surface area (Å²) >= 11 is 0. The monoisotopic (exact) mass is 459 g/mol. The maximum Gasteiger partial charge on any atom is 0.259 e. The van der Waals surface area contributed by atoms with Crippen molar-refractivity contribution in [2.75, 3.05) is 17.7 Å². The van der Waals surface area contributed by atoms with Crippen molar-refractivity contribution in [3.8, 4) is 17.2 Å². The third-order valence-corrected chi connectivity index (χ3v) is 5.92. The summed E-state index contributed by atoms with van der Waals surface area (Å²) in [7, 11) is -1.04. The van der Waals surface area contributed by atoms with Crippen molar-refractivity contribution in [3.63, 3.8) is 0 Å². The zero-order valence-electron chi connectivity index (χ0n) is 19.0. The number of carbonyl (C=O) groups excluding carboxylic acids is 1. The number of pyridine rings is 2. The zero-order valence-corrected chi connectivity index (χ0v) is 19.8. The molecule has 4 aromatic rings. The number of anilines is 1. The van der Waals surface area contributed by atoms with E-state index in [0.717, 1.165) is 21.5 Å². The maximum absolute atomic E-state index is 13.2. The number of benzene rings is 1. The van der Waals surface area contributed by atoms with Gasteiger partial charge in [0.2, 0.25) is 0 Å². The number of aromatic nitrogens is 3. The normalized spacial score (nSPS) is 11.2. The third-order valence-electron chi connectivity index (χ3n) is 4.98. The first-order valence-corrected chi connectivity index (χ1v) is 12.2. The Kier molecular flexibility index (Phi) is 7.70. The molecule has 3 aromatic heterocycles. The van der Waals surface area contributed by atoms with E-state index in [0.29, 0.717) is 23.5 Å². The van der Waals surface area contributed by atoms with Crippen LogP contribution < -0.4 is 4.90 Å². The molecule has 1 aromatic carbocycles. The number of hydrogen-bond acceptors (Lipinski definition) is 5. The molecule has 8 heteroatoms. The number of carbonyl (C=O) groups is 1. The lowest BCUT2D eigenvalue weighted by Crippen LogP contribution is -2.31. The van der Waals surface area contributed by atoms with Crippen molar-refractivity contribution >= 4 is 28.0 Å². The number of nitrogens with zero attached hydrogens (tertiary/aromatic N) is 5. The summed E-state index contributed by atoms with van der Waals surface area (Å²) in [6.45, 7) is 6.31. The van der Waals surface area contributed by atoms with Gasteiger partial charge in [-0.15, -0.1) is 0 Å². The van der Waals surface area contributed by atoms with Gasteiger partial charge in [0.25, 0.3) is 5.91 Å². The van der Waals surface area contributed by atoms with Crippen LogP contribution in [0, 0.1) is 11.3 Å². The van der Waals surface area contributed by atoms with E-state index >= 15 is 0 Å². The number of rotatable bonds is 5. The van der Waals surface area contributed by atoms with Gasteiger partial charge in [-0.25, -0.2) is 9.50 Å². The molecule has 4 rings (SSSR count). The van der Waals surface area contributed by atoms with E-state index in [1.165, 1.54) is 6.20 Å². The van der Waals surface area contributed by atoms with Crippen LogP contribution in [0.5, 0.6) is 0 Å². The molecule has 0 radical (unpaired) electrons. The highest BCUT2D eigenvalue weighted by Crippen LogP contribution is 2.26. The van der Waals surface area contributed by atoms with Crippen molar-refractivity contribution < 1.29 is 9.00 Å². The van der Waals surface area contributed by atoms with Crippen LogP contribution in [0.2, 0.25) is 0 Å². The summed E-state index contributed by atoms with van der Waals surface area (Å²) in [5.74, 6) is 0.300. The Bertz CT molecular complexity index is 1320. The largest absolute Gasteiger partial charge is 0.293 e. The van der Waals surface area contributed by atoms with Gasteiger partial charge < -0.3 is 0 Å². The van der Waals surface area contributed by atoms with E-state index in [2.05, 4.69) is 10.1 Å². The van der Waals surface area contributed by atoms with Gasteiger partial charge >= 0.3 is 0 Å². The molecule has 0 saturated heterocycles. The van der Waals surface area contributed by atoms with E-state index in [9.17, 15) is 9.00 Å². The summed E-state index contributed by atoms with van der Waals surface area (Å²) in [6, 6.07) is 16.3. The Labute approximate surface area is 195 Å². The highest BCUT2D eigenvalue weighted by Gasteiger charge is 2.19. The van der Waals surface area contributed by atoms with Crippen LogP contribution in [-0.2, 0) is 10.8 Å². The molecule has 0 aliphatic heterocycles. The van der Waals surface area contributed by atoms with E-state index in [1.54, 1.807) is 46.3 Å². The Morgan fingerprint density at radius 1 is 1.12 bits per heavy atom. The first-order valence-electron chi connectivity index (χ1n) is 10.6. The van der Waals surface area contributed by atoms with E-state index in [4.69, 9.17) is 5.26 Å². The molecule has 1 atom stereocenters. The van der Waals surface area contributed by atoms with Gasteiger partial charge in [-0.2, -0.15) is 10.4 Å². The number of amides is 1. The second-order valence-corrected chi connectivity index (χ2v) is 8.23. The Morgan fingerprint density at radius 3 is 2.42 bits per heavy atom. The molecular formula is C25H25N5O2S. The van der Waals surface area contributed by atoms with Crippen molar-refractivity contribution in [2.24, 2.45) is 0 Å². The highest BCUT2D eigenvalue weighted by atomic mass is 32.2.